The highest BCUT2D eigenvalue weighted by Crippen LogP contribution is 2.38. The molecule has 1 saturated carbocycles. The van der Waals surface area contributed by atoms with Gasteiger partial charge in [-0.3, -0.25) is 9.59 Å². The summed E-state index contributed by atoms with van der Waals surface area (Å²) in [5, 5.41) is 2.78. The number of hydrogen-bond acceptors (Lipinski definition) is 2. The Morgan fingerprint density at radius 2 is 2.00 bits per heavy atom. The first-order valence-corrected chi connectivity index (χ1v) is 8.52. The van der Waals surface area contributed by atoms with Crippen LogP contribution in [0.15, 0.2) is 24.3 Å². The van der Waals surface area contributed by atoms with Crippen molar-refractivity contribution in [3.8, 4) is 0 Å². The Morgan fingerprint density at radius 1 is 1.28 bits per heavy atom. The number of alkyl halides is 3. The lowest BCUT2D eigenvalue weighted by atomic mass is 9.97. The predicted octanol–water partition coefficient (Wildman–Crippen LogP) is 3.70. The lowest BCUT2D eigenvalue weighted by molar-refractivity contribution is -0.184. The molecule has 1 aromatic rings. The summed E-state index contributed by atoms with van der Waals surface area (Å²) in [6, 6.07) is 6.40. The van der Waals surface area contributed by atoms with Crippen LogP contribution in [0.1, 0.15) is 36.5 Å². The second-order valence-corrected chi connectivity index (χ2v) is 7.02. The van der Waals surface area contributed by atoms with Gasteiger partial charge in [-0.2, -0.15) is 13.2 Å². The fraction of sp³-hybridized carbons (Fsp3) is 0.556. The van der Waals surface area contributed by atoms with E-state index in [2.05, 4.69) is 5.32 Å². The number of anilines is 1. The monoisotopic (exact) mass is 354 g/mol. The van der Waals surface area contributed by atoms with Crippen molar-refractivity contribution in [2.75, 3.05) is 18.4 Å². The number of piperidine rings is 1. The number of nitrogens with one attached hydrogen (secondary N) is 1. The van der Waals surface area contributed by atoms with Gasteiger partial charge in [0, 0.05) is 30.3 Å². The molecule has 4 nitrogen and oxygen atoms in total. The number of nitrogens with zero attached hydrogens (tertiary/aromatic N) is 1. The van der Waals surface area contributed by atoms with Gasteiger partial charge in [-0.15, -0.1) is 0 Å². The van der Waals surface area contributed by atoms with E-state index in [1.807, 2.05) is 6.92 Å². The molecule has 0 spiro atoms. The number of rotatable bonds is 3. The molecule has 136 valence electrons. The number of carbonyl (C=O) groups excluding carboxylic acids is 2. The van der Waals surface area contributed by atoms with Crippen LogP contribution < -0.4 is 5.32 Å². The summed E-state index contributed by atoms with van der Waals surface area (Å²) in [5.74, 6) is -1.59. The molecule has 2 aliphatic rings. The quantitative estimate of drug-likeness (QED) is 0.900. The van der Waals surface area contributed by atoms with Gasteiger partial charge in [0.1, 0.15) is 0 Å². The molecule has 3 rings (SSSR count). The first kappa shape index (κ1) is 17.8. The molecule has 7 heteroatoms. The van der Waals surface area contributed by atoms with Crippen molar-refractivity contribution in [1.82, 2.24) is 4.90 Å². The molecule has 1 aliphatic carbocycles. The van der Waals surface area contributed by atoms with E-state index in [-0.39, 0.29) is 24.8 Å². The molecular formula is C18H21F3N2O2. The molecule has 3 unspecified atom stereocenters. The maximum Gasteiger partial charge on any atom is 0.393 e. The zero-order valence-electron chi connectivity index (χ0n) is 14.0. The van der Waals surface area contributed by atoms with Crippen LogP contribution in [-0.4, -0.2) is 36.0 Å². The van der Waals surface area contributed by atoms with E-state index in [0.717, 1.165) is 6.42 Å². The number of benzene rings is 1. The molecule has 1 heterocycles. The van der Waals surface area contributed by atoms with Gasteiger partial charge in [-0.25, -0.2) is 0 Å². The summed E-state index contributed by atoms with van der Waals surface area (Å²) in [4.78, 5) is 25.8. The summed E-state index contributed by atoms with van der Waals surface area (Å²) in [5.41, 5.74) is 0.795. The minimum Gasteiger partial charge on any atom is -0.338 e. The van der Waals surface area contributed by atoms with E-state index in [1.54, 1.807) is 18.2 Å². The minimum absolute atomic E-state index is 0.00833. The van der Waals surface area contributed by atoms with Gasteiger partial charge in [0.15, 0.2) is 0 Å². The van der Waals surface area contributed by atoms with Crippen molar-refractivity contribution < 1.29 is 22.8 Å². The highest BCUT2D eigenvalue weighted by atomic mass is 19.4. The molecule has 1 saturated heterocycles. The highest BCUT2D eigenvalue weighted by Gasteiger charge is 2.43. The SMILES string of the molecule is CC1CC1C(=O)Nc1cccc(C(=O)N2CCCC(C(F)(F)F)C2)c1. The Kier molecular flexibility index (Phi) is 4.75. The maximum atomic E-state index is 12.9. The molecule has 2 fully saturated rings. The normalized spacial score (nSPS) is 26.2. The molecule has 25 heavy (non-hydrogen) atoms. The van der Waals surface area contributed by atoms with E-state index in [9.17, 15) is 22.8 Å². The molecule has 1 N–H and O–H groups in total. The van der Waals surface area contributed by atoms with E-state index in [1.165, 1.54) is 11.0 Å². The number of likely N-dealkylation sites (tertiary alicyclic amines) is 1. The summed E-state index contributed by atoms with van der Waals surface area (Å²) < 4.78 is 38.7. The lowest BCUT2D eigenvalue weighted by Crippen LogP contribution is -2.44. The van der Waals surface area contributed by atoms with Crippen LogP contribution >= 0.6 is 0 Å². The van der Waals surface area contributed by atoms with Crippen LogP contribution in [0.4, 0.5) is 18.9 Å². The maximum absolute atomic E-state index is 12.9. The van der Waals surface area contributed by atoms with Gasteiger partial charge >= 0.3 is 6.18 Å². The molecule has 1 aromatic carbocycles. The summed E-state index contributed by atoms with van der Waals surface area (Å²) in [6.45, 7) is 2.01. The Hall–Kier alpha value is -2.05. The van der Waals surface area contributed by atoms with Crippen molar-refractivity contribution in [1.29, 1.82) is 0 Å². The molecule has 1 aliphatic heterocycles. The van der Waals surface area contributed by atoms with Crippen LogP contribution in [0.25, 0.3) is 0 Å². The molecule has 0 aromatic heterocycles. The minimum atomic E-state index is -4.28. The third-order valence-corrected chi connectivity index (χ3v) is 4.99. The van der Waals surface area contributed by atoms with Crippen molar-refractivity contribution in [3.05, 3.63) is 29.8 Å². The number of amides is 2. The van der Waals surface area contributed by atoms with Crippen molar-refractivity contribution >= 4 is 17.5 Å². The molecule has 0 radical (unpaired) electrons. The van der Waals surface area contributed by atoms with E-state index >= 15 is 0 Å². The average Bonchev–Trinajstić information content (AvgIpc) is 3.31. The predicted molar refractivity (Wildman–Crippen MR) is 87.0 cm³/mol. The van der Waals surface area contributed by atoms with Gasteiger partial charge in [0.05, 0.1) is 5.92 Å². The molecule has 0 bridgehead atoms. The second kappa shape index (κ2) is 6.69. The number of carbonyl (C=O) groups is 2. The Labute approximate surface area is 144 Å². The molecular weight excluding hydrogens is 333 g/mol. The summed E-state index contributed by atoms with van der Waals surface area (Å²) in [7, 11) is 0. The molecule has 3 atom stereocenters. The van der Waals surface area contributed by atoms with Gasteiger partial charge in [-0.05, 0) is 43.4 Å². The lowest BCUT2D eigenvalue weighted by Gasteiger charge is -2.33. The second-order valence-electron chi connectivity index (χ2n) is 7.02. The first-order valence-electron chi connectivity index (χ1n) is 8.52. The average molecular weight is 354 g/mol. The van der Waals surface area contributed by atoms with Gasteiger partial charge < -0.3 is 10.2 Å². The van der Waals surface area contributed by atoms with Crippen LogP contribution in [0.3, 0.4) is 0 Å². The largest absolute Gasteiger partial charge is 0.393 e. The van der Waals surface area contributed by atoms with Crippen LogP contribution in [0.2, 0.25) is 0 Å². The zero-order valence-corrected chi connectivity index (χ0v) is 14.0. The topological polar surface area (TPSA) is 49.4 Å². The smallest absolute Gasteiger partial charge is 0.338 e. The van der Waals surface area contributed by atoms with Crippen LogP contribution in [-0.2, 0) is 4.79 Å². The zero-order chi connectivity index (χ0) is 18.2. The van der Waals surface area contributed by atoms with Crippen molar-refractivity contribution in [2.24, 2.45) is 17.8 Å². The van der Waals surface area contributed by atoms with Crippen molar-refractivity contribution in [3.63, 3.8) is 0 Å². The van der Waals surface area contributed by atoms with Crippen molar-refractivity contribution in [2.45, 2.75) is 32.4 Å². The summed E-state index contributed by atoms with van der Waals surface area (Å²) >= 11 is 0. The Balaban J connectivity index is 1.67. The van der Waals surface area contributed by atoms with Crippen LogP contribution in [0, 0.1) is 17.8 Å². The van der Waals surface area contributed by atoms with Crippen LogP contribution in [0.5, 0.6) is 0 Å². The van der Waals surface area contributed by atoms with Gasteiger partial charge in [0.2, 0.25) is 5.91 Å². The van der Waals surface area contributed by atoms with E-state index in [0.29, 0.717) is 30.1 Å². The third-order valence-electron chi connectivity index (χ3n) is 4.99. The Bertz CT molecular complexity index is 675. The summed E-state index contributed by atoms with van der Waals surface area (Å²) in [6.07, 6.45) is -3.03. The van der Waals surface area contributed by atoms with Gasteiger partial charge in [-0.1, -0.05) is 13.0 Å². The van der Waals surface area contributed by atoms with E-state index in [4.69, 9.17) is 0 Å². The standard InChI is InChI=1S/C18H21F3N2O2/c1-11-8-15(11)16(24)22-14-6-2-4-12(9-14)17(25)23-7-3-5-13(10-23)18(19,20)21/h2,4,6,9,11,13,15H,3,5,7-8,10H2,1H3,(H,22,24). The van der Waals surface area contributed by atoms with Gasteiger partial charge in [0.25, 0.3) is 5.91 Å². The van der Waals surface area contributed by atoms with E-state index < -0.39 is 18.0 Å². The number of halogens is 3. The number of hydrogen-bond donors (Lipinski definition) is 1. The fourth-order valence-electron chi connectivity index (χ4n) is 3.26. The first-order chi connectivity index (χ1) is 11.8. The molecule has 2 amide bonds. The third kappa shape index (κ3) is 4.14. The highest BCUT2D eigenvalue weighted by molar-refractivity contribution is 5.98. The fourth-order valence-corrected chi connectivity index (χ4v) is 3.26. The Morgan fingerprint density at radius 3 is 2.64 bits per heavy atom.